The zero-order valence-corrected chi connectivity index (χ0v) is 11.2. The maximum Gasteiger partial charge on any atom is 0.138 e. The number of hydrogen-bond acceptors (Lipinski definition) is 5. The third-order valence-electron chi connectivity index (χ3n) is 2.81. The van der Waals surface area contributed by atoms with Gasteiger partial charge in [-0.15, -0.1) is 0 Å². The summed E-state index contributed by atoms with van der Waals surface area (Å²) in [5.74, 6) is 2.19. The first-order valence-corrected chi connectivity index (χ1v) is 5.92. The van der Waals surface area contributed by atoms with Crippen molar-refractivity contribution >= 4 is 17.3 Å². The minimum absolute atomic E-state index is 0.618. The summed E-state index contributed by atoms with van der Waals surface area (Å²) in [6, 6.07) is 11.5. The number of para-hydroxylation sites is 1. The van der Waals surface area contributed by atoms with Crippen LogP contribution in [0.15, 0.2) is 30.3 Å². The molecule has 1 N–H and O–H groups in total. The summed E-state index contributed by atoms with van der Waals surface area (Å²) in [5.41, 5.74) is 1.44. The van der Waals surface area contributed by atoms with Crippen LogP contribution in [0, 0.1) is 18.3 Å². The molecule has 1 aromatic carbocycles. The molecule has 0 radical (unpaired) electrons. The molecule has 0 aliphatic heterocycles. The van der Waals surface area contributed by atoms with E-state index in [9.17, 15) is 0 Å². The van der Waals surface area contributed by atoms with E-state index in [1.165, 1.54) is 0 Å². The van der Waals surface area contributed by atoms with Crippen molar-refractivity contribution in [1.29, 1.82) is 5.26 Å². The fourth-order valence-electron chi connectivity index (χ4n) is 1.84. The second-order valence-electron chi connectivity index (χ2n) is 4.10. The van der Waals surface area contributed by atoms with E-state index in [-0.39, 0.29) is 0 Å². The Morgan fingerprint density at radius 2 is 2.00 bits per heavy atom. The first-order chi connectivity index (χ1) is 9.15. The number of rotatable bonds is 3. The SMILES string of the molecule is CNc1cc(N(C)c2ccccc2C#N)nc(C)n1. The van der Waals surface area contributed by atoms with E-state index in [0.717, 1.165) is 17.3 Å². The Balaban J connectivity index is 2.47. The van der Waals surface area contributed by atoms with Crippen LogP contribution in [-0.2, 0) is 0 Å². The van der Waals surface area contributed by atoms with E-state index in [1.807, 2.05) is 50.2 Å². The lowest BCUT2D eigenvalue weighted by atomic mass is 10.2. The number of nitrogens with one attached hydrogen (secondary N) is 1. The number of hydrogen-bond donors (Lipinski definition) is 1. The van der Waals surface area contributed by atoms with Gasteiger partial charge in [-0.3, -0.25) is 0 Å². The maximum absolute atomic E-state index is 9.15. The van der Waals surface area contributed by atoms with Crippen LogP contribution >= 0.6 is 0 Å². The molecule has 5 heteroatoms. The minimum atomic E-state index is 0.618. The Morgan fingerprint density at radius 1 is 1.26 bits per heavy atom. The predicted octanol–water partition coefficient (Wildman–Crippen LogP) is 2.47. The number of nitriles is 1. The van der Waals surface area contributed by atoms with E-state index in [1.54, 1.807) is 6.07 Å². The Hall–Kier alpha value is -2.61. The average molecular weight is 253 g/mol. The molecule has 19 heavy (non-hydrogen) atoms. The highest BCUT2D eigenvalue weighted by Crippen LogP contribution is 2.26. The number of benzene rings is 1. The number of nitrogens with zero attached hydrogens (tertiary/aromatic N) is 4. The van der Waals surface area contributed by atoms with E-state index >= 15 is 0 Å². The van der Waals surface area contributed by atoms with Crippen molar-refractivity contribution < 1.29 is 0 Å². The standard InChI is InChI=1S/C14H15N5/c1-10-17-13(16-2)8-14(18-10)19(3)12-7-5-4-6-11(12)9-15/h4-8H,1-3H3,(H,16,17,18). The number of aromatic nitrogens is 2. The van der Waals surface area contributed by atoms with Crippen LogP contribution in [-0.4, -0.2) is 24.1 Å². The summed E-state index contributed by atoms with van der Waals surface area (Å²) >= 11 is 0. The molecule has 0 saturated carbocycles. The van der Waals surface area contributed by atoms with E-state index in [2.05, 4.69) is 21.4 Å². The second kappa shape index (κ2) is 5.36. The van der Waals surface area contributed by atoms with Gasteiger partial charge in [-0.05, 0) is 19.1 Å². The van der Waals surface area contributed by atoms with Gasteiger partial charge in [-0.1, -0.05) is 12.1 Å². The van der Waals surface area contributed by atoms with Gasteiger partial charge in [0, 0.05) is 20.2 Å². The number of anilines is 3. The van der Waals surface area contributed by atoms with Gasteiger partial charge in [0.25, 0.3) is 0 Å². The Morgan fingerprint density at radius 3 is 2.68 bits per heavy atom. The molecule has 0 atom stereocenters. The summed E-state index contributed by atoms with van der Waals surface area (Å²) < 4.78 is 0. The molecule has 0 spiro atoms. The third-order valence-corrected chi connectivity index (χ3v) is 2.81. The second-order valence-corrected chi connectivity index (χ2v) is 4.10. The molecule has 0 aliphatic carbocycles. The first-order valence-electron chi connectivity index (χ1n) is 5.92. The van der Waals surface area contributed by atoms with Gasteiger partial charge in [-0.25, -0.2) is 9.97 Å². The molecule has 0 fully saturated rings. The van der Waals surface area contributed by atoms with Crippen LogP contribution in [0.4, 0.5) is 17.3 Å². The van der Waals surface area contributed by atoms with Crippen LogP contribution < -0.4 is 10.2 Å². The normalized spacial score (nSPS) is 9.79. The zero-order valence-electron chi connectivity index (χ0n) is 11.2. The predicted molar refractivity (Wildman–Crippen MR) is 75.5 cm³/mol. The summed E-state index contributed by atoms with van der Waals surface area (Å²) in [5, 5.41) is 12.1. The molecule has 0 saturated heterocycles. The molecular formula is C14H15N5. The largest absolute Gasteiger partial charge is 0.373 e. The van der Waals surface area contributed by atoms with E-state index in [0.29, 0.717) is 11.4 Å². The van der Waals surface area contributed by atoms with Gasteiger partial charge in [0.05, 0.1) is 11.3 Å². The Bertz CT molecular complexity index is 630. The summed E-state index contributed by atoms with van der Waals surface area (Å²) in [6.45, 7) is 1.84. The Labute approximate surface area is 112 Å². The summed E-state index contributed by atoms with van der Waals surface area (Å²) in [6.07, 6.45) is 0. The molecule has 0 amide bonds. The van der Waals surface area contributed by atoms with Crippen molar-refractivity contribution in [3.05, 3.63) is 41.7 Å². The monoisotopic (exact) mass is 253 g/mol. The fraction of sp³-hybridized carbons (Fsp3) is 0.214. The van der Waals surface area contributed by atoms with Crippen molar-refractivity contribution in [3.63, 3.8) is 0 Å². The lowest BCUT2D eigenvalue weighted by Gasteiger charge is -2.20. The molecule has 1 aromatic heterocycles. The van der Waals surface area contributed by atoms with Gasteiger partial charge in [-0.2, -0.15) is 5.26 Å². The van der Waals surface area contributed by atoms with Crippen LogP contribution in [0.5, 0.6) is 0 Å². The highest BCUT2D eigenvalue weighted by molar-refractivity contribution is 5.67. The van der Waals surface area contributed by atoms with Crippen LogP contribution in [0.2, 0.25) is 0 Å². The van der Waals surface area contributed by atoms with Crippen molar-refractivity contribution in [1.82, 2.24) is 9.97 Å². The molecule has 0 unspecified atom stereocenters. The highest BCUT2D eigenvalue weighted by Gasteiger charge is 2.11. The molecule has 5 nitrogen and oxygen atoms in total. The van der Waals surface area contributed by atoms with E-state index in [4.69, 9.17) is 5.26 Å². The number of aryl methyl sites for hydroxylation is 1. The summed E-state index contributed by atoms with van der Waals surface area (Å²) in [7, 11) is 3.70. The Kier molecular flexibility index (Phi) is 3.62. The fourth-order valence-corrected chi connectivity index (χ4v) is 1.84. The smallest absolute Gasteiger partial charge is 0.138 e. The molecular weight excluding hydrogens is 238 g/mol. The van der Waals surface area contributed by atoms with Crippen molar-refractivity contribution in [2.24, 2.45) is 0 Å². The topological polar surface area (TPSA) is 64.8 Å². The lowest BCUT2D eigenvalue weighted by Crippen LogP contribution is -2.14. The minimum Gasteiger partial charge on any atom is -0.373 e. The van der Waals surface area contributed by atoms with Crippen LogP contribution in [0.3, 0.4) is 0 Å². The molecule has 1 heterocycles. The van der Waals surface area contributed by atoms with Gasteiger partial charge in [0.15, 0.2) is 0 Å². The first kappa shape index (κ1) is 12.8. The molecule has 0 aliphatic rings. The maximum atomic E-state index is 9.15. The summed E-state index contributed by atoms with van der Waals surface area (Å²) in [4.78, 5) is 10.5. The average Bonchev–Trinajstić information content (AvgIpc) is 2.45. The van der Waals surface area contributed by atoms with Crippen LogP contribution in [0.1, 0.15) is 11.4 Å². The lowest BCUT2D eigenvalue weighted by molar-refractivity contribution is 1.01. The van der Waals surface area contributed by atoms with Crippen molar-refractivity contribution in [2.45, 2.75) is 6.92 Å². The molecule has 0 bridgehead atoms. The van der Waals surface area contributed by atoms with Gasteiger partial charge >= 0.3 is 0 Å². The van der Waals surface area contributed by atoms with Crippen molar-refractivity contribution in [2.75, 3.05) is 24.3 Å². The van der Waals surface area contributed by atoms with Gasteiger partial charge in [0.2, 0.25) is 0 Å². The highest BCUT2D eigenvalue weighted by atomic mass is 15.2. The van der Waals surface area contributed by atoms with Gasteiger partial charge in [0.1, 0.15) is 23.5 Å². The quantitative estimate of drug-likeness (QED) is 0.910. The third kappa shape index (κ3) is 2.63. The van der Waals surface area contributed by atoms with Crippen molar-refractivity contribution in [3.8, 4) is 6.07 Å². The zero-order chi connectivity index (χ0) is 13.8. The van der Waals surface area contributed by atoms with Gasteiger partial charge < -0.3 is 10.2 Å². The molecule has 96 valence electrons. The van der Waals surface area contributed by atoms with Crippen LogP contribution in [0.25, 0.3) is 0 Å². The van der Waals surface area contributed by atoms with E-state index < -0.39 is 0 Å². The molecule has 2 aromatic rings. The molecule has 2 rings (SSSR count).